The zero-order chi connectivity index (χ0) is 20.1. The molecule has 0 spiro atoms. The lowest BCUT2D eigenvalue weighted by molar-refractivity contribution is -0.744. The third kappa shape index (κ3) is 4.12. The molecule has 2 N–H and O–H groups in total. The number of amides is 1. The van der Waals surface area contributed by atoms with Crippen LogP contribution in [0, 0.1) is 6.92 Å². The van der Waals surface area contributed by atoms with E-state index in [-0.39, 0.29) is 18.0 Å². The number of Topliss-reactive ketones (excluding diaryl/α,β-unsaturated/α-hetero) is 1. The van der Waals surface area contributed by atoms with Gasteiger partial charge in [0, 0.05) is 17.4 Å². The Morgan fingerprint density at radius 3 is 2.46 bits per heavy atom. The van der Waals surface area contributed by atoms with E-state index in [9.17, 15) is 14.4 Å². The molecular weight excluding hydrogens is 358 g/mol. The Labute approximate surface area is 161 Å². The SMILES string of the molecule is CNC(=O)c1c(=O)n(/N=C/c2ccc(C)cc2)[nH][n+]1CC(=O)c1ccccc1. The van der Waals surface area contributed by atoms with E-state index in [1.807, 2.05) is 31.2 Å². The first-order valence-electron chi connectivity index (χ1n) is 8.66. The Balaban J connectivity index is 1.94. The third-order valence-electron chi connectivity index (χ3n) is 4.12. The van der Waals surface area contributed by atoms with Gasteiger partial charge in [-0.15, -0.1) is 4.68 Å². The molecule has 2 aromatic carbocycles. The molecule has 8 heteroatoms. The molecule has 0 aliphatic heterocycles. The van der Waals surface area contributed by atoms with Crippen LogP contribution in [0.5, 0.6) is 0 Å². The van der Waals surface area contributed by atoms with E-state index in [4.69, 9.17) is 0 Å². The van der Waals surface area contributed by atoms with E-state index in [1.54, 1.807) is 30.3 Å². The number of ketones is 1. The fraction of sp³-hybridized carbons (Fsp3) is 0.150. The maximum atomic E-state index is 12.6. The van der Waals surface area contributed by atoms with Crippen molar-refractivity contribution in [2.24, 2.45) is 5.10 Å². The zero-order valence-corrected chi connectivity index (χ0v) is 15.5. The zero-order valence-electron chi connectivity index (χ0n) is 15.5. The van der Waals surface area contributed by atoms with Crippen LogP contribution in [-0.2, 0) is 6.54 Å². The Morgan fingerprint density at radius 1 is 1.14 bits per heavy atom. The summed E-state index contributed by atoms with van der Waals surface area (Å²) in [5.41, 5.74) is 1.53. The fourth-order valence-corrected chi connectivity index (χ4v) is 2.59. The van der Waals surface area contributed by atoms with E-state index in [0.717, 1.165) is 15.9 Å². The van der Waals surface area contributed by atoms with Crippen LogP contribution >= 0.6 is 0 Å². The van der Waals surface area contributed by atoms with Gasteiger partial charge in [-0.1, -0.05) is 70.5 Å². The molecular formula is C20H20N5O3+. The van der Waals surface area contributed by atoms with Crippen molar-refractivity contribution >= 4 is 17.9 Å². The largest absolute Gasteiger partial charge is 0.432 e. The smallest absolute Gasteiger partial charge is 0.352 e. The molecule has 0 saturated heterocycles. The molecule has 8 nitrogen and oxygen atoms in total. The number of nitrogens with one attached hydrogen (secondary N) is 2. The average molecular weight is 378 g/mol. The lowest BCUT2D eigenvalue weighted by atomic mass is 10.1. The monoisotopic (exact) mass is 378 g/mol. The molecule has 3 aromatic rings. The van der Waals surface area contributed by atoms with Gasteiger partial charge in [-0.3, -0.25) is 9.59 Å². The highest BCUT2D eigenvalue weighted by atomic mass is 16.2. The van der Waals surface area contributed by atoms with Crippen LogP contribution in [0.1, 0.15) is 32.0 Å². The van der Waals surface area contributed by atoms with Crippen LogP contribution in [0.4, 0.5) is 0 Å². The lowest BCUT2D eigenvalue weighted by Gasteiger charge is -1.99. The Bertz CT molecular complexity index is 1080. The first kappa shape index (κ1) is 19.0. The topological polar surface area (TPSA) is 100 Å². The second-order valence-corrected chi connectivity index (χ2v) is 6.18. The van der Waals surface area contributed by atoms with Gasteiger partial charge < -0.3 is 5.32 Å². The summed E-state index contributed by atoms with van der Waals surface area (Å²) in [6.45, 7) is 1.77. The number of aryl methyl sites for hydroxylation is 1. The summed E-state index contributed by atoms with van der Waals surface area (Å²) in [5.74, 6) is -0.849. The number of nitrogens with zero attached hydrogens (tertiary/aromatic N) is 3. The van der Waals surface area contributed by atoms with Crippen LogP contribution in [0.25, 0.3) is 0 Å². The molecule has 0 radical (unpaired) electrons. The molecule has 0 saturated carbocycles. The second kappa shape index (κ2) is 8.26. The highest BCUT2D eigenvalue weighted by Gasteiger charge is 2.29. The van der Waals surface area contributed by atoms with Crippen molar-refractivity contribution in [2.45, 2.75) is 13.5 Å². The summed E-state index contributed by atoms with van der Waals surface area (Å²) in [6.07, 6.45) is 1.49. The Hall–Kier alpha value is -3.81. The maximum absolute atomic E-state index is 12.6. The predicted octanol–water partition coefficient (Wildman–Crippen LogP) is 0.897. The van der Waals surface area contributed by atoms with E-state index in [1.165, 1.54) is 17.9 Å². The van der Waals surface area contributed by atoms with Crippen molar-refractivity contribution in [1.82, 2.24) is 15.3 Å². The van der Waals surface area contributed by atoms with Gasteiger partial charge in [0.05, 0.1) is 6.21 Å². The molecule has 0 bridgehead atoms. The van der Waals surface area contributed by atoms with Crippen LogP contribution in [-0.4, -0.2) is 35.0 Å². The molecule has 3 rings (SSSR count). The van der Waals surface area contributed by atoms with E-state index in [2.05, 4.69) is 15.6 Å². The number of carbonyl (C=O) groups is 2. The first-order chi connectivity index (χ1) is 13.5. The first-order valence-corrected chi connectivity index (χ1v) is 8.66. The van der Waals surface area contributed by atoms with Gasteiger partial charge in [0.1, 0.15) is 0 Å². The highest BCUT2D eigenvalue weighted by Crippen LogP contribution is 2.01. The molecule has 0 fully saturated rings. The van der Waals surface area contributed by atoms with Crippen molar-refractivity contribution in [1.29, 1.82) is 0 Å². The number of H-pyrrole nitrogens is 1. The Kier molecular flexibility index (Phi) is 5.59. The summed E-state index contributed by atoms with van der Waals surface area (Å²) in [4.78, 5) is 38.2. The third-order valence-corrected chi connectivity index (χ3v) is 4.12. The summed E-state index contributed by atoms with van der Waals surface area (Å²) in [5, 5.41) is 9.20. The second-order valence-electron chi connectivity index (χ2n) is 6.18. The van der Waals surface area contributed by atoms with Crippen LogP contribution in [0.3, 0.4) is 0 Å². The summed E-state index contributed by atoms with van der Waals surface area (Å²) >= 11 is 0. The number of aromatic nitrogens is 3. The summed E-state index contributed by atoms with van der Waals surface area (Å²) in [6, 6.07) is 16.2. The minimum absolute atomic E-state index is 0.199. The average Bonchev–Trinajstić information content (AvgIpc) is 3.02. The van der Waals surface area contributed by atoms with Crippen molar-refractivity contribution in [2.75, 3.05) is 7.05 Å². The maximum Gasteiger partial charge on any atom is 0.432 e. The van der Waals surface area contributed by atoms with Gasteiger partial charge in [0.15, 0.2) is 6.54 Å². The highest BCUT2D eigenvalue weighted by molar-refractivity contribution is 5.95. The molecule has 1 heterocycles. The van der Waals surface area contributed by atoms with E-state index < -0.39 is 11.5 Å². The summed E-state index contributed by atoms with van der Waals surface area (Å²) in [7, 11) is 1.41. The standard InChI is InChI=1S/C20H19N5O3/c1-14-8-10-15(11-9-14)12-22-25-20(28)18(19(27)21-2)24(23-25)13-17(26)16-6-4-3-5-7-16/h3-12H,13H2,1-2H3,(H-,21,23,27,28)/p+1/b22-12+. The van der Waals surface area contributed by atoms with Crippen LogP contribution < -0.4 is 15.6 Å². The predicted molar refractivity (Wildman–Crippen MR) is 104 cm³/mol. The minimum Gasteiger partial charge on any atom is -0.352 e. The van der Waals surface area contributed by atoms with E-state index in [0.29, 0.717) is 5.56 Å². The van der Waals surface area contributed by atoms with E-state index >= 15 is 0 Å². The van der Waals surface area contributed by atoms with Gasteiger partial charge in [0.25, 0.3) is 0 Å². The number of aromatic amines is 1. The molecule has 28 heavy (non-hydrogen) atoms. The molecule has 0 atom stereocenters. The molecule has 1 amide bonds. The van der Waals surface area contributed by atoms with Crippen molar-refractivity contribution in [3.63, 3.8) is 0 Å². The molecule has 0 aliphatic carbocycles. The fourth-order valence-electron chi connectivity index (χ4n) is 2.59. The molecule has 0 unspecified atom stereocenters. The molecule has 142 valence electrons. The number of hydrogen-bond donors (Lipinski definition) is 2. The molecule has 1 aromatic heterocycles. The van der Waals surface area contributed by atoms with Gasteiger partial charge in [-0.2, -0.15) is 0 Å². The number of benzene rings is 2. The van der Waals surface area contributed by atoms with Crippen LogP contribution in [0.15, 0.2) is 64.5 Å². The molecule has 0 aliphatic rings. The van der Waals surface area contributed by atoms with Crippen molar-refractivity contribution in [3.05, 3.63) is 87.3 Å². The Morgan fingerprint density at radius 2 is 1.82 bits per heavy atom. The number of hydrogen-bond acceptors (Lipinski definition) is 4. The normalized spacial score (nSPS) is 10.9. The van der Waals surface area contributed by atoms with Gasteiger partial charge in [-0.25, -0.2) is 4.79 Å². The van der Waals surface area contributed by atoms with Crippen molar-refractivity contribution < 1.29 is 14.3 Å². The van der Waals surface area contributed by atoms with Crippen molar-refractivity contribution in [3.8, 4) is 0 Å². The quantitative estimate of drug-likeness (QED) is 0.379. The summed E-state index contributed by atoms with van der Waals surface area (Å²) < 4.78 is 1.20. The number of rotatable bonds is 6. The van der Waals surface area contributed by atoms with Gasteiger partial charge in [0.2, 0.25) is 5.78 Å². The number of carbonyl (C=O) groups excluding carboxylic acids is 2. The minimum atomic E-state index is -0.649. The van der Waals surface area contributed by atoms with Gasteiger partial charge in [-0.05, 0) is 12.5 Å². The van der Waals surface area contributed by atoms with Crippen LogP contribution in [0.2, 0.25) is 0 Å². The lowest BCUT2D eigenvalue weighted by Crippen LogP contribution is -2.48. The van der Waals surface area contributed by atoms with Gasteiger partial charge >= 0.3 is 17.2 Å².